The predicted octanol–water partition coefficient (Wildman–Crippen LogP) is 2.37. The highest BCUT2D eigenvalue weighted by atomic mass is 19.4. The number of hydrogen-bond acceptors (Lipinski definition) is 4. The molecule has 0 bridgehead atoms. The maximum atomic E-state index is 12.8. The predicted molar refractivity (Wildman–Crippen MR) is 85.8 cm³/mol. The van der Waals surface area contributed by atoms with Gasteiger partial charge in [-0.15, -0.1) is 0 Å². The smallest absolute Gasteiger partial charge is 0.339 e. The Morgan fingerprint density at radius 3 is 2.85 bits per heavy atom. The average Bonchev–Trinajstić information content (AvgIpc) is 3.24. The lowest BCUT2D eigenvalue weighted by atomic mass is 10.1. The van der Waals surface area contributed by atoms with Crippen LogP contribution >= 0.6 is 0 Å². The zero-order valence-electron chi connectivity index (χ0n) is 13.1. The van der Waals surface area contributed by atoms with Crippen LogP contribution in [0.2, 0.25) is 0 Å². The summed E-state index contributed by atoms with van der Waals surface area (Å²) in [5.74, 6) is 0. The minimum atomic E-state index is -4.40. The molecule has 0 saturated carbocycles. The summed E-state index contributed by atoms with van der Waals surface area (Å²) in [4.78, 5) is 23.1. The van der Waals surface area contributed by atoms with Crippen LogP contribution in [0.3, 0.4) is 0 Å². The Hall–Kier alpha value is -3.43. The molecule has 3 aromatic heterocycles. The Kier molecular flexibility index (Phi) is 3.60. The number of benzene rings is 1. The third-order valence-electron chi connectivity index (χ3n) is 3.84. The van der Waals surface area contributed by atoms with Crippen molar-refractivity contribution in [1.29, 1.82) is 0 Å². The van der Waals surface area contributed by atoms with Crippen LogP contribution in [-0.2, 0) is 12.7 Å². The van der Waals surface area contributed by atoms with E-state index in [1.54, 1.807) is 12.3 Å². The van der Waals surface area contributed by atoms with Crippen LogP contribution in [0.4, 0.5) is 13.2 Å². The van der Waals surface area contributed by atoms with Crippen molar-refractivity contribution < 1.29 is 13.2 Å². The second kappa shape index (κ2) is 5.83. The molecule has 1 aromatic carbocycles. The third-order valence-corrected chi connectivity index (χ3v) is 3.84. The van der Waals surface area contributed by atoms with Gasteiger partial charge >= 0.3 is 6.18 Å². The first-order valence-corrected chi connectivity index (χ1v) is 7.51. The number of imidazole rings is 1. The monoisotopic (exact) mass is 360 g/mol. The molecule has 132 valence electrons. The van der Waals surface area contributed by atoms with Gasteiger partial charge < -0.3 is 4.98 Å². The number of H-pyrrole nitrogens is 1. The Morgan fingerprint density at radius 1 is 1.19 bits per heavy atom. The van der Waals surface area contributed by atoms with Crippen LogP contribution in [-0.4, -0.2) is 29.3 Å². The zero-order chi connectivity index (χ0) is 18.3. The summed E-state index contributed by atoms with van der Waals surface area (Å²) in [5.41, 5.74) is 0.411. The van der Waals surface area contributed by atoms with E-state index in [9.17, 15) is 18.0 Å². The molecule has 0 spiro atoms. The molecule has 7 nitrogen and oxygen atoms in total. The van der Waals surface area contributed by atoms with Crippen molar-refractivity contribution in [3.63, 3.8) is 0 Å². The quantitative estimate of drug-likeness (QED) is 0.608. The van der Waals surface area contributed by atoms with E-state index in [-0.39, 0.29) is 17.6 Å². The van der Waals surface area contributed by atoms with Crippen LogP contribution in [0, 0.1) is 0 Å². The first-order valence-electron chi connectivity index (χ1n) is 7.51. The first kappa shape index (κ1) is 16.1. The molecular weight excluding hydrogens is 349 g/mol. The van der Waals surface area contributed by atoms with Gasteiger partial charge in [-0.1, -0.05) is 12.1 Å². The van der Waals surface area contributed by atoms with E-state index in [0.717, 1.165) is 12.1 Å². The number of alkyl halides is 3. The molecule has 0 radical (unpaired) electrons. The number of halogens is 3. The van der Waals surface area contributed by atoms with Crippen molar-refractivity contribution >= 4 is 11.2 Å². The van der Waals surface area contributed by atoms with Gasteiger partial charge in [0.05, 0.1) is 30.3 Å². The van der Waals surface area contributed by atoms with E-state index >= 15 is 0 Å². The normalized spacial score (nSPS) is 12.0. The molecule has 0 fully saturated rings. The third kappa shape index (κ3) is 2.85. The van der Waals surface area contributed by atoms with Gasteiger partial charge in [-0.05, 0) is 17.7 Å². The average molecular weight is 360 g/mol. The Morgan fingerprint density at radius 2 is 2.04 bits per heavy atom. The lowest BCUT2D eigenvalue weighted by molar-refractivity contribution is -0.137. The molecule has 0 unspecified atom stereocenters. The van der Waals surface area contributed by atoms with E-state index in [2.05, 4.69) is 20.1 Å². The highest BCUT2D eigenvalue weighted by molar-refractivity contribution is 5.68. The number of rotatable bonds is 3. The second-order valence-electron chi connectivity index (χ2n) is 5.62. The van der Waals surface area contributed by atoms with Crippen molar-refractivity contribution in [3.8, 4) is 5.69 Å². The van der Waals surface area contributed by atoms with Crippen LogP contribution in [0.1, 0.15) is 11.1 Å². The molecule has 4 aromatic rings. The van der Waals surface area contributed by atoms with Gasteiger partial charge in [-0.25, -0.2) is 9.97 Å². The number of nitrogens with one attached hydrogen (secondary N) is 1. The molecule has 26 heavy (non-hydrogen) atoms. The van der Waals surface area contributed by atoms with Crippen molar-refractivity contribution in [2.75, 3.05) is 0 Å². The van der Waals surface area contributed by atoms with Crippen molar-refractivity contribution in [2.45, 2.75) is 12.7 Å². The fourth-order valence-corrected chi connectivity index (χ4v) is 2.61. The molecule has 0 aliphatic carbocycles. The number of fused-ring (bicyclic) bond motifs is 1. The fourth-order valence-electron chi connectivity index (χ4n) is 2.61. The van der Waals surface area contributed by atoms with Gasteiger partial charge in [-0.2, -0.15) is 18.3 Å². The SMILES string of the molecule is O=c1c2[nH]cnc2ncn1-c1cnn(Cc2cccc(C(F)(F)F)c2)c1. The summed E-state index contributed by atoms with van der Waals surface area (Å²) >= 11 is 0. The Bertz CT molecular complexity index is 1140. The molecular formula is C16H11F3N6O. The molecule has 0 amide bonds. The summed E-state index contributed by atoms with van der Waals surface area (Å²) in [6.07, 6.45) is 1.31. The van der Waals surface area contributed by atoms with E-state index in [4.69, 9.17) is 0 Å². The topological polar surface area (TPSA) is 81.4 Å². The Balaban J connectivity index is 1.64. The van der Waals surface area contributed by atoms with E-state index in [1.165, 1.54) is 34.2 Å². The van der Waals surface area contributed by atoms with Crippen LogP contribution in [0.5, 0.6) is 0 Å². The highest BCUT2D eigenvalue weighted by Gasteiger charge is 2.30. The summed E-state index contributed by atoms with van der Waals surface area (Å²) < 4.78 is 41.1. The standard InChI is InChI=1S/C16H11F3N6O/c17-16(18,19)11-3-1-2-10(4-11)6-24-7-12(5-23-24)25-9-22-14-13(15(25)26)20-8-21-14/h1-5,7-9H,6H2,(H,20,21). The summed E-state index contributed by atoms with van der Waals surface area (Å²) in [6, 6.07) is 5.03. The van der Waals surface area contributed by atoms with Crippen molar-refractivity contribution in [1.82, 2.24) is 29.3 Å². The molecule has 0 aliphatic rings. The number of hydrogen-bond donors (Lipinski definition) is 1. The van der Waals surface area contributed by atoms with Crippen LogP contribution in [0.25, 0.3) is 16.9 Å². The fraction of sp³-hybridized carbons (Fsp3) is 0.125. The van der Waals surface area contributed by atoms with Gasteiger partial charge in [0.15, 0.2) is 11.2 Å². The zero-order valence-corrected chi connectivity index (χ0v) is 13.1. The highest BCUT2D eigenvalue weighted by Crippen LogP contribution is 2.29. The number of aromatic amines is 1. The van der Waals surface area contributed by atoms with Gasteiger partial charge in [0.25, 0.3) is 5.56 Å². The molecule has 0 atom stereocenters. The maximum Gasteiger partial charge on any atom is 0.416 e. The number of nitrogens with zero attached hydrogens (tertiary/aromatic N) is 5. The number of aromatic nitrogens is 6. The molecule has 4 rings (SSSR count). The summed E-state index contributed by atoms with van der Waals surface area (Å²) in [7, 11) is 0. The minimum Gasteiger partial charge on any atom is -0.339 e. The van der Waals surface area contributed by atoms with Gasteiger partial charge in [0, 0.05) is 6.20 Å². The molecule has 0 aliphatic heterocycles. The molecule has 3 heterocycles. The lowest BCUT2D eigenvalue weighted by Crippen LogP contribution is -2.18. The van der Waals surface area contributed by atoms with Crippen LogP contribution in [0.15, 0.2) is 54.1 Å². The van der Waals surface area contributed by atoms with Gasteiger partial charge in [0.1, 0.15) is 6.33 Å². The van der Waals surface area contributed by atoms with Gasteiger partial charge in [-0.3, -0.25) is 14.0 Å². The van der Waals surface area contributed by atoms with Crippen LogP contribution < -0.4 is 5.56 Å². The Labute approximate surface area is 143 Å². The van der Waals surface area contributed by atoms with E-state index in [1.807, 2.05) is 0 Å². The molecule has 0 saturated heterocycles. The van der Waals surface area contributed by atoms with Crippen molar-refractivity contribution in [2.24, 2.45) is 0 Å². The largest absolute Gasteiger partial charge is 0.416 e. The van der Waals surface area contributed by atoms with Gasteiger partial charge in [0.2, 0.25) is 0 Å². The van der Waals surface area contributed by atoms with Crippen molar-refractivity contribution in [3.05, 3.63) is 70.8 Å². The molecule has 10 heteroatoms. The lowest BCUT2D eigenvalue weighted by Gasteiger charge is -2.08. The minimum absolute atomic E-state index is 0.137. The van der Waals surface area contributed by atoms with E-state index in [0.29, 0.717) is 16.9 Å². The first-order chi connectivity index (χ1) is 12.4. The molecule has 1 N–H and O–H groups in total. The summed E-state index contributed by atoms with van der Waals surface area (Å²) in [6.45, 7) is 0.137. The second-order valence-corrected chi connectivity index (χ2v) is 5.62. The van der Waals surface area contributed by atoms with E-state index < -0.39 is 11.7 Å². The summed E-state index contributed by atoms with van der Waals surface area (Å²) in [5, 5.41) is 4.11. The maximum absolute atomic E-state index is 12.8.